The van der Waals surface area contributed by atoms with E-state index in [0.717, 1.165) is 12.8 Å². The van der Waals surface area contributed by atoms with E-state index in [-0.39, 0.29) is 17.9 Å². The number of nitrogens with two attached hydrogens (primary N) is 1. The fourth-order valence-electron chi connectivity index (χ4n) is 1.70. The van der Waals surface area contributed by atoms with Gasteiger partial charge in [-0.15, -0.1) is 0 Å². The topological polar surface area (TPSA) is 59.2 Å². The zero-order chi connectivity index (χ0) is 11.7. The van der Waals surface area contributed by atoms with Crippen molar-refractivity contribution >= 4 is 17.4 Å². The van der Waals surface area contributed by atoms with E-state index >= 15 is 0 Å². The molecule has 86 valence electrons. The Kier molecular flexibility index (Phi) is 2.81. The lowest BCUT2D eigenvalue weighted by atomic mass is 10.2. The molecule has 1 fully saturated rings. The summed E-state index contributed by atoms with van der Waals surface area (Å²) in [4.78, 5) is 18.1. The van der Waals surface area contributed by atoms with Crippen molar-refractivity contribution in [2.75, 3.05) is 10.6 Å². The lowest BCUT2D eigenvalue weighted by molar-refractivity contribution is -0.120. The maximum atomic E-state index is 12.1. The molecule has 1 aromatic heterocycles. The largest absolute Gasteiger partial charge is 0.397 e. The zero-order valence-electron chi connectivity index (χ0n) is 9.68. The van der Waals surface area contributed by atoms with E-state index in [4.69, 9.17) is 5.73 Å². The average Bonchev–Trinajstić information content (AvgIpc) is 3.04. The van der Waals surface area contributed by atoms with E-state index < -0.39 is 0 Å². The van der Waals surface area contributed by atoms with E-state index in [9.17, 15) is 4.79 Å². The van der Waals surface area contributed by atoms with Gasteiger partial charge in [0.15, 0.2) is 0 Å². The molecule has 1 saturated carbocycles. The molecule has 2 N–H and O–H groups in total. The Labute approximate surface area is 95.5 Å². The molecule has 0 unspecified atom stereocenters. The van der Waals surface area contributed by atoms with Crippen LogP contribution in [0.3, 0.4) is 0 Å². The predicted octanol–water partition coefficient (Wildman–Crippen LogP) is 1.82. The molecule has 4 heteroatoms. The van der Waals surface area contributed by atoms with Crippen LogP contribution >= 0.6 is 0 Å². The van der Waals surface area contributed by atoms with Crippen molar-refractivity contribution in [1.29, 1.82) is 0 Å². The number of hydrogen-bond acceptors (Lipinski definition) is 3. The first-order chi connectivity index (χ1) is 7.59. The Morgan fingerprint density at radius 1 is 1.50 bits per heavy atom. The van der Waals surface area contributed by atoms with Crippen LogP contribution in [0.5, 0.6) is 0 Å². The first kappa shape index (κ1) is 10.9. The number of pyridine rings is 1. The smallest absolute Gasteiger partial charge is 0.231 e. The van der Waals surface area contributed by atoms with Crippen LogP contribution in [-0.2, 0) is 4.79 Å². The molecule has 0 atom stereocenters. The number of carbonyl (C=O) groups is 1. The van der Waals surface area contributed by atoms with Crippen LogP contribution in [0.15, 0.2) is 18.3 Å². The monoisotopic (exact) mass is 219 g/mol. The SMILES string of the molecule is CC(C)N(C(=O)C1CC1)c1ccc(N)cn1. The fourth-order valence-corrected chi connectivity index (χ4v) is 1.70. The van der Waals surface area contributed by atoms with Crippen LogP contribution in [0.4, 0.5) is 11.5 Å². The molecule has 0 radical (unpaired) electrons. The minimum atomic E-state index is 0.129. The molecule has 2 rings (SSSR count). The van der Waals surface area contributed by atoms with Crippen molar-refractivity contribution in [3.63, 3.8) is 0 Å². The molecule has 1 amide bonds. The van der Waals surface area contributed by atoms with Gasteiger partial charge in [-0.3, -0.25) is 9.69 Å². The highest BCUT2D eigenvalue weighted by Gasteiger charge is 2.35. The van der Waals surface area contributed by atoms with Crippen LogP contribution < -0.4 is 10.6 Å². The van der Waals surface area contributed by atoms with Crippen LogP contribution in [0.1, 0.15) is 26.7 Å². The maximum Gasteiger partial charge on any atom is 0.231 e. The van der Waals surface area contributed by atoms with Gasteiger partial charge in [0.2, 0.25) is 5.91 Å². The van der Waals surface area contributed by atoms with Crippen LogP contribution in [0, 0.1) is 5.92 Å². The average molecular weight is 219 g/mol. The molecule has 4 nitrogen and oxygen atoms in total. The van der Waals surface area contributed by atoms with Gasteiger partial charge >= 0.3 is 0 Å². The maximum absolute atomic E-state index is 12.1. The number of nitrogen functional groups attached to an aromatic ring is 1. The van der Waals surface area contributed by atoms with Gasteiger partial charge in [0.25, 0.3) is 0 Å². The van der Waals surface area contributed by atoms with Crippen LogP contribution in [-0.4, -0.2) is 16.9 Å². The Bertz CT molecular complexity index is 382. The molecular formula is C12H17N3O. The van der Waals surface area contributed by atoms with Crippen LogP contribution in [0.25, 0.3) is 0 Å². The molecule has 0 saturated heterocycles. The van der Waals surface area contributed by atoms with E-state index in [2.05, 4.69) is 4.98 Å². The fraction of sp³-hybridized carbons (Fsp3) is 0.500. The number of anilines is 2. The Hall–Kier alpha value is -1.58. The predicted molar refractivity (Wildman–Crippen MR) is 64.0 cm³/mol. The van der Waals surface area contributed by atoms with Gasteiger partial charge in [0.1, 0.15) is 5.82 Å². The highest BCUT2D eigenvalue weighted by Crippen LogP contribution is 2.33. The summed E-state index contributed by atoms with van der Waals surface area (Å²) in [5.74, 6) is 1.09. The molecular weight excluding hydrogens is 202 g/mol. The highest BCUT2D eigenvalue weighted by molar-refractivity contribution is 5.96. The third-order valence-corrected chi connectivity index (χ3v) is 2.70. The molecule has 1 aliphatic rings. The van der Waals surface area contributed by atoms with Crippen LogP contribution in [0.2, 0.25) is 0 Å². The number of carbonyl (C=O) groups excluding carboxylic acids is 1. The summed E-state index contributed by atoms with van der Waals surface area (Å²) in [6, 6.07) is 3.71. The number of hydrogen-bond donors (Lipinski definition) is 1. The minimum absolute atomic E-state index is 0.129. The summed E-state index contributed by atoms with van der Waals surface area (Å²) < 4.78 is 0. The van der Waals surface area contributed by atoms with Crippen molar-refractivity contribution in [2.45, 2.75) is 32.7 Å². The third kappa shape index (κ3) is 2.15. The molecule has 0 aliphatic heterocycles. The summed E-state index contributed by atoms with van der Waals surface area (Å²) in [5, 5.41) is 0. The van der Waals surface area contributed by atoms with E-state index in [1.165, 1.54) is 0 Å². The summed E-state index contributed by atoms with van der Waals surface area (Å²) in [6.45, 7) is 4.00. The molecule has 0 aromatic carbocycles. The van der Waals surface area contributed by atoms with E-state index in [0.29, 0.717) is 11.5 Å². The quantitative estimate of drug-likeness (QED) is 0.843. The number of nitrogens with zero attached hydrogens (tertiary/aromatic N) is 2. The van der Waals surface area contributed by atoms with Crippen molar-refractivity contribution in [1.82, 2.24) is 4.98 Å². The van der Waals surface area contributed by atoms with Crippen molar-refractivity contribution < 1.29 is 4.79 Å². The van der Waals surface area contributed by atoms with Gasteiger partial charge in [-0.25, -0.2) is 4.98 Å². The second-order valence-electron chi connectivity index (χ2n) is 4.53. The molecule has 0 spiro atoms. The van der Waals surface area contributed by atoms with E-state index in [1.54, 1.807) is 23.2 Å². The molecule has 16 heavy (non-hydrogen) atoms. The molecule has 1 aromatic rings. The Morgan fingerprint density at radius 3 is 2.62 bits per heavy atom. The van der Waals surface area contributed by atoms with Crippen molar-refractivity contribution in [3.8, 4) is 0 Å². The van der Waals surface area contributed by atoms with Gasteiger partial charge < -0.3 is 5.73 Å². The van der Waals surface area contributed by atoms with Gasteiger partial charge in [0, 0.05) is 12.0 Å². The second-order valence-corrected chi connectivity index (χ2v) is 4.53. The number of rotatable bonds is 3. The summed E-state index contributed by atoms with van der Waals surface area (Å²) >= 11 is 0. The minimum Gasteiger partial charge on any atom is -0.397 e. The zero-order valence-corrected chi connectivity index (χ0v) is 9.68. The first-order valence-electron chi connectivity index (χ1n) is 5.64. The summed E-state index contributed by atoms with van der Waals surface area (Å²) in [7, 11) is 0. The molecule has 1 aliphatic carbocycles. The second kappa shape index (κ2) is 4.12. The van der Waals surface area contributed by atoms with Crippen molar-refractivity contribution in [3.05, 3.63) is 18.3 Å². The Balaban J connectivity index is 2.24. The number of aromatic nitrogens is 1. The number of amides is 1. The van der Waals surface area contributed by atoms with Crippen molar-refractivity contribution in [2.24, 2.45) is 5.92 Å². The van der Waals surface area contributed by atoms with Gasteiger partial charge in [-0.1, -0.05) is 0 Å². The van der Waals surface area contributed by atoms with Gasteiger partial charge in [-0.05, 0) is 38.8 Å². The third-order valence-electron chi connectivity index (χ3n) is 2.70. The van der Waals surface area contributed by atoms with Gasteiger partial charge in [0.05, 0.1) is 11.9 Å². The molecule has 1 heterocycles. The highest BCUT2D eigenvalue weighted by atomic mass is 16.2. The summed E-state index contributed by atoms with van der Waals surface area (Å²) in [5.41, 5.74) is 6.20. The molecule has 0 bridgehead atoms. The summed E-state index contributed by atoms with van der Waals surface area (Å²) in [6.07, 6.45) is 3.61. The lowest BCUT2D eigenvalue weighted by Gasteiger charge is -2.25. The normalized spacial score (nSPS) is 15.2. The Morgan fingerprint density at radius 2 is 2.19 bits per heavy atom. The first-order valence-corrected chi connectivity index (χ1v) is 5.64. The lowest BCUT2D eigenvalue weighted by Crippen LogP contribution is -2.38. The van der Waals surface area contributed by atoms with E-state index in [1.807, 2.05) is 13.8 Å². The van der Waals surface area contributed by atoms with Gasteiger partial charge in [-0.2, -0.15) is 0 Å². The standard InChI is InChI=1S/C12H17N3O/c1-8(2)15(12(16)9-3-4-9)11-6-5-10(13)7-14-11/h5-9H,3-4,13H2,1-2H3.